The van der Waals surface area contributed by atoms with Crippen molar-refractivity contribution in [3.63, 3.8) is 0 Å². The Bertz CT molecular complexity index is 914. The Kier molecular flexibility index (Phi) is 8.09. The van der Waals surface area contributed by atoms with E-state index in [1.54, 1.807) is 12.1 Å². The Morgan fingerprint density at radius 1 is 1.03 bits per heavy atom. The van der Waals surface area contributed by atoms with Crippen LogP contribution in [-0.4, -0.2) is 62.0 Å². The molecule has 2 aromatic rings. The zero-order valence-corrected chi connectivity index (χ0v) is 16.4. The maximum Gasteiger partial charge on any atom is 0.326 e. The van der Waals surface area contributed by atoms with E-state index in [0.717, 1.165) is 0 Å². The molecular weight excluding hydrogens is 408 g/mol. The van der Waals surface area contributed by atoms with Gasteiger partial charge >= 0.3 is 5.97 Å². The van der Waals surface area contributed by atoms with Gasteiger partial charge in [-0.25, -0.2) is 9.78 Å². The highest BCUT2D eigenvalue weighted by atomic mass is 16.4. The SMILES string of the molecule is NC(=O)C[C@H](NC(=O)[C@H](Cc1ccc(O)cc1)NC(=O)[C@@H](N)Cc1cnc[nH]1)C(=O)O. The van der Waals surface area contributed by atoms with Crippen LogP contribution >= 0.6 is 0 Å². The normalized spacial score (nSPS) is 13.6. The minimum absolute atomic E-state index is 0.0163. The molecule has 1 aromatic carbocycles. The van der Waals surface area contributed by atoms with E-state index < -0.39 is 48.2 Å². The third-order valence-corrected chi connectivity index (χ3v) is 4.36. The van der Waals surface area contributed by atoms with Gasteiger partial charge in [0.25, 0.3) is 0 Å². The van der Waals surface area contributed by atoms with Crippen molar-refractivity contribution in [2.75, 3.05) is 0 Å². The van der Waals surface area contributed by atoms with Gasteiger partial charge in [-0.15, -0.1) is 0 Å². The Morgan fingerprint density at radius 3 is 2.23 bits per heavy atom. The number of aliphatic carboxylic acids is 1. The second kappa shape index (κ2) is 10.7. The molecule has 2 rings (SSSR count). The van der Waals surface area contributed by atoms with Crippen molar-refractivity contribution in [3.05, 3.63) is 48.0 Å². The summed E-state index contributed by atoms with van der Waals surface area (Å²) in [5.41, 5.74) is 12.1. The highest BCUT2D eigenvalue weighted by Crippen LogP contribution is 2.12. The summed E-state index contributed by atoms with van der Waals surface area (Å²) in [4.78, 5) is 54.4. The number of benzene rings is 1. The molecule has 166 valence electrons. The molecular formula is C19H24N6O6. The van der Waals surface area contributed by atoms with Gasteiger partial charge in [0.15, 0.2) is 0 Å². The van der Waals surface area contributed by atoms with Crippen LogP contribution in [0, 0.1) is 0 Å². The summed E-state index contributed by atoms with van der Waals surface area (Å²) in [6, 6.07) is 2.15. The number of hydrogen-bond donors (Lipinski definition) is 7. The van der Waals surface area contributed by atoms with E-state index in [1.807, 2.05) is 0 Å². The molecule has 0 aliphatic carbocycles. The first-order valence-electron chi connectivity index (χ1n) is 9.28. The number of amides is 3. The van der Waals surface area contributed by atoms with E-state index in [-0.39, 0.29) is 18.6 Å². The maximum absolute atomic E-state index is 12.7. The standard InChI is InChI=1S/C19H24N6O6/c20-13(6-11-8-22-9-23-11)17(28)24-14(5-10-1-3-12(26)4-2-10)18(29)25-15(19(30)31)7-16(21)27/h1-4,8-9,13-15,26H,5-7,20H2,(H2,21,27)(H,22,23)(H,24,28)(H,25,29)(H,30,31)/t13-,14-,15-/m0/s1. The quantitative estimate of drug-likeness (QED) is 0.214. The molecule has 0 unspecified atom stereocenters. The second-order valence-electron chi connectivity index (χ2n) is 6.89. The summed E-state index contributed by atoms with van der Waals surface area (Å²) < 4.78 is 0. The smallest absolute Gasteiger partial charge is 0.326 e. The molecule has 0 radical (unpaired) electrons. The zero-order chi connectivity index (χ0) is 23.0. The fourth-order valence-corrected chi connectivity index (χ4v) is 2.76. The number of carboxylic acids is 1. The first-order valence-corrected chi connectivity index (χ1v) is 9.28. The molecule has 12 heteroatoms. The molecule has 0 saturated heterocycles. The number of nitrogens with one attached hydrogen (secondary N) is 3. The first kappa shape index (κ1) is 23.3. The number of H-pyrrole nitrogens is 1. The lowest BCUT2D eigenvalue weighted by Crippen LogP contribution is -2.56. The lowest BCUT2D eigenvalue weighted by Gasteiger charge is -2.22. The number of hydrogen-bond acceptors (Lipinski definition) is 7. The van der Waals surface area contributed by atoms with Crippen molar-refractivity contribution in [3.8, 4) is 5.75 Å². The summed E-state index contributed by atoms with van der Waals surface area (Å²) in [5, 5.41) is 23.4. The van der Waals surface area contributed by atoms with Gasteiger partial charge in [0.1, 0.15) is 17.8 Å². The lowest BCUT2D eigenvalue weighted by atomic mass is 10.0. The number of nitrogens with two attached hydrogens (primary N) is 2. The Labute approximate surface area is 177 Å². The number of phenolic OH excluding ortho intramolecular Hbond substituents is 1. The van der Waals surface area contributed by atoms with Crippen LogP contribution < -0.4 is 22.1 Å². The van der Waals surface area contributed by atoms with Crippen molar-refractivity contribution < 1.29 is 29.4 Å². The molecule has 0 saturated carbocycles. The highest BCUT2D eigenvalue weighted by molar-refractivity contribution is 5.93. The monoisotopic (exact) mass is 432 g/mol. The van der Waals surface area contributed by atoms with Gasteiger partial charge in [-0.05, 0) is 17.7 Å². The van der Waals surface area contributed by atoms with Gasteiger partial charge in [0.2, 0.25) is 17.7 Å². The molecule has 3 amide bonds. The summed E-state index contributed by atoms with van der Waals surface area (Å²) in [6.45, 7) is 0. The van der Waals surface area contributed by atoms with Gasteiger partial charge in [-0.1, -0.05) is 12.1 Å². The fourth-order valence-electron chi connectivity index (χ4n) is 2.76. The van der Waals surface area contributed by atoms with Crippen molar-refractivity contribution in [1.82, 2.24) is 20.6 Å². The number of imidazole rings is 1. The van der Waals surface area contributed by atoms with Crippen molar-refractivity contribution in [1.29, 1.82) is 0 Å². The molecule has 1 aromatic heterocycles. The zero-order valence-electron chi connectivity index (χ0n) is 16.4. The first-order chi connectivity index (χ1) is 14.7. The highest BCUT2D eigenvalue weighted by Gasteiger charge is 2.29. The molecule has 9 N–H and O–H groups in total. The van der Waals surface area contributed by atoms with Crippen LogP contribution in [0.4, 0.5) is 0 Å². The number of carboxylic acid groups (broad SMARTS) is 1. The van der Waals surface area contributed by atoms with Crippen LogP contribution in [0.3, 0.4) is 0 Å². The topological polar surface area (TPSA) is 214 Å². The van der Waals surface area contributed by atoms with E-state index in [9.17, 15) is 29.4 Å². The summed E-state index contributed by atoms with van der Waals surface area (Å²) in [7, 11) is 0. The number of aromatic hydroxyl groups is 1. The molecule has 0 bridgehead atoms. The van der Waals surface area contributed by atoms with Gasteiger partial charge in [0, 0.05) is 24.7 Å². The second-order valence-corrected chi connectivity index (χ2v) is 6.89. The number of nitrogens with zero attached hydrogens (tertiary/aromatic N) is 1. The molecule has 31 heavy (non-hydrogen) atoms. The van der Waals surface area contributed by atoms with Gasteiger partial charge < -0.3 is 37.3 Å². The van der Waals surface area contributed by atoms with Gasteiger partial charge in [-0.2, -0.15) is 0 Å². The molecule has 0 aliphatic heterocycles. The average Bonchev–Trinajstić information content (AvgIpc) is 3.21. The number of primary amides is 1. The average molecular weight is 432 g/mol. The summed E-state index contributed by atoms with van der Waals surface area (Å²) in [5.74, 6) is -3.81. The minimum atomic E-state index is -1.55. The van der Waals surface area contributed by atoms with Crippen LogP contribution in [0.5, 0.6) is 5.75 Å². The summed E-state index contributed by atoms with van der Waals surface area (Å²) in [6.07, 6.45) is 2.46. The third-order valence-electron chi connectivity index (χ3n) is 4.36. The maximum atomic E-state index is 12.7. The number of rotatable bonds is 11. The molecule has 0 fully saturated rings. The Balaban J connectivity index is 2.15. The number of carbonyl (C=O) groups is 4. The van der Waals surface area contributed by atoms with Crippen LogP contribution in [0.15, 0.2) is 36.8 Å². The van der Waals surface area contributed by atoms with E-state index >= 15 is 0 Å². The number of phenols is 1. The van der Waals surface area contributed by atoms with Crippen molar-refractivity contribution in [2.24, 2.45) is 11.5 Å². The largest absolute Gasteiger partial charge is 0.508 e. The number of aromatic amines is 1. The number of aromatic nitrogens is 2. The molecule has 1 heterocycles. The van der Waals surface area contributed by atoms with E-state index in [2.05, 4.69) is 20.6 Å². The minimum Gasteiger partial charge on any atom is -0.508 e. The molecule has 3 atom stereocenters. The fraction of sp³-hybridized carbons (Fsp3) is 0.316. The Morgan fingerprint density at radius 2 is 1.68 bits per heavy atom. The summed E-state index contributed by atoms with van der Waals surface area (Å²) >= 11 is 0. The third kappa shape index (κ3) is 7.44. The van der Waals surface area contributed by atoms with Gasteiger partial charge in [-0.3, -0.25) is 14.4 Å². The molecule has 0 aliphatic rings. The van der Waals surface area contributed by atoms with Crippen LogP contribution in [0.1, 0.15) is 17.7 Å². The predicted molar refractivity (Wildman–Crippen MR) is 107 cm³/mol. The van der Waals surface area contributed by atoms with E-state index in [1.165, 1.54) is 24.7 Å². The predicted octanol–water partition coefficient (Wildman–Crippen LogP) is -1.84. The molecule has 0 spiro atoms. The van der Waals surface area contributed by atoms with Crippen LogP contribution in [-0.2, 0) is 32.0 Å². The number of carbonyl (C=O) groups excluding carboxylic acids is 3. The molecule has 12 nitrogen and oxygen atoms in total. The Hall–Kier alpha value is -3.93. The van der Waals surface area contributed by atoms with Crippen LogP contribution in [0.25, 0.3) is 0 Å². The van der Waals surface area contributed by atoms with Crippen molar-refractivity contribution in [2.45, 2.75) is 37.4 Å². The van der Waals surface area contributed by atoms with Crippen molar-refractivity contribution >= 4 is 23.7 Å². The lowest BCUT2D eigenvalue weighted by molar-refractivity contribution is -0.143. The van der Waals surface area contributed by atoms with E-state index in [4.69, 9.17) is 11.5 Å². The van der Waals surface area contributed by atoms with Gasteiger partial charge in [0.05, 0.1) is 18.8 Å². The van der Waals surface area contributed by atoms with E-state index in [0.29, 0.717) is 11.3 Å². The van der Waals surface area contributed by atoms with Crippen LogP contribution in [0.2, 0.25) is 0 Å².